The average Bonchev–Trinajstić information content (AvgIpc) is 3.18. The van der Waals surface area contributed by atoms with Gasteiger partial charge in [-0.2, -0.15) is 0 Å². The molecule has 3 aromatic rings. The molecular weight excluding hydrogens is 446 g/mol. The Labute approximate surface area is 197 Å². The van der Waals surface area contributed by atoms with Crippen molar-refractivity contribution in [3.63, 3.8) is 0 Å². The van der Waals surface area contributed by atoms with E-state index in [4.69, 9.17) is 11.6 Å². The van der Waals surface area contributed by atoms with Crippen LogP contribution in [-0.4, -0.2) is 32.3 Å². The second kappa shape index (κ2) is 10.7. The van der Waals surface area contributed by atoms with Crippen molar-refractivity contribution in [1.29, 1.82) is 0 Å². The quantitative estimate of drug-likeness (QED) is 0.461. The van der Waals surface area contributed by atoms with Gasteiger partial charge in [-0.05, 0) is 63.1 Å². The van der Waals surface area contributed by atoms with Gasteiger partial charge in [0.05, 0.1) is 11.8 Å². The number of rotatable bonds is 8. The number of hydrogen-bond donors (Lipinski definition) is 2. The van der Waals surface area contributed by atoms with Gasteiger partial charge in [0.25, 0.3) is 5.91 Å². The van der Waals surface area contributed by atoms with E-state index in [0.29, 0.717) is 28.1 Å². The number of thioether (sulfide) groups is 1. The number of aromatic nitrogens is 3. The first-order valence-corrected chi connectivity index (χ1v) is 11.6. The second-order valence-corrected chi connectivity index (χ2v) is 8.77. The first-order chi connectivity index (χ1) is 15.3. The maximum atomic E-state index is 12.5. The largest absolute Gasteiger partial charge is 0.342 e. The van der Waals surface area contributed by atoms with Crippen molar-refractivity contribution in [2.24, 2.45) is 0 Å². The van der Waals surface area contributed by atoms with Crippen LogP contribution in [0.2, 0.25) is 5.02 Å². The number of carbonyl (C=O) groups is 2. The molecular formula is C23H26ClN5O2S. The summed E-state index contributed by atoms with van der Waals surface area (Å²) < 4.78 is 1.91. The van der Waals surface area contributed by atoms with E-state index in [2.05, 4.69) is 20.8 Å². The van der Waals surface area contributed by atoms with Gasteiger partial charge < -0.3 is 15.2 Å². The van der Waals surface area contributed by atoms with Crippen LogP contribution in [0.5, 0.6) is 0 Å². The number of halogens is 1. The van der Waals surface area contributed by atoms with Crippen LogP contribution in [0.15, 0.2) is 47.6 Å². The molecule has 0 aliphatic heterocycles. The summed E-state index contributed by atoms with van der Waals surface area (Å²) in [4.78, 5) is 25.0. The molecule has 9 heteroatoms. The lowest BCUT2D eigenvalue weighted by Crippen LogP contribution is -2.28. The molecule has 1 heterocycles. The van der Waals surface area contributed by atoms with E-state index < -0.39 is 0 Å². The van der Waals surface area contributed by atoms with E-state index in [0.717, 1.165) is 16.8 Å². The topological polar surface area (TPSA) is 88.9 Å². The SMILES string of the molecule is CCn1c(SCC(=O)Nc2c(C)cccc2C)nnc1[C@H](C)NC(=O)c1ccc(Cl)cc1. The van der Waals surface area contributed by atoms with Crippen LogP contribution >= 0.6 is 23.4 Å². The molecule has 2 aromatic carbocycles. The van der Waals surface area contributed by atoms with Crippen molar-refractivity contribution in [2.75, 3.05) is 11.1 Å². The van der Waals surface area contributed by atoms with Gasteiger partial charge in [0.15, 0.2) is 11.0 Å². The smallest absolute Gasteiger partial charge is 0.251 e. The van der Waals surface area contributed by atoms with Gasteiger partial charge in [0.2, 0.25) is 5.91 Å². The highest BCUT2D eigenvalue weighted by Crippen LogP contribution is 2.23. The Morgan fingerprint density at radius 2 is 1.75 bits per heavy atom. The third kappa shape index (κ3) is 5.69. The Bertz CT molecular complexity index is 1090. The molecule has 0 saturated carbocycles. The molecule has 0 saturated heterocycles. The molecule has 168 valence electrons. The Morgan fingerprint density at radius 1 is 1.09 bits per heavy atom. The van der Waals surface area contributed by atoms with E-state index in [1.54, 1.807) is 24.3 Å². The second-order valence-electron chi connectivity index (χ2n) is 7.39. The highest BCUT2D eigenvalue weighted by Gasteiger charge is 2.20. The fourth-order valence-electron chi connectivity index (χ4n) is 3.29. The number of nitrogens with one attached hydrogen (secondary N) is 2. The predicted octanol–water partition coefficient (Wildman–Crippen LogP) is 4.79. The minimum Gasteiger partial charge on any atom is -0.342 e. The summed E-state index contributed by atoms with van der Waals surface area (Å²) in [6.45, 7) is 8.38. The Kier molecular flexibility index (Phi) is 7.93. The summed E-state index contributed by atoms with van der Waals surface area (Å²) in [6.07, 6.45) is 0. The number of para-hydroxylation sites is 1. The molecule has 0 radical (unpaired) electrons. The molecule has 7 nitrogen and oxygen atoms in total. The van der Waals surface area contributed by atoms with Crippen molar-refractivity contribution in [3.05, 3.63) is 70.0 Å². The highest BCUT2D eigenvalue weighted by molar-refractivity contribution is 7.99. The molecule has 0 spiro atoms. The molecule has 0 bridgehead atoms. The first-order valence-electron chi connectivity index (χ1n) is 10.3. The molecule has 1 atom stereocenters. The van der Waals surface area contributed by atoms with Crippen LogP contribution in [0.4, 0.5) is 5.69 Å². The minimum absolute atomic E-state index is 0.108. The number of hydrogen-bond acceptors (Lipinski definition) is 5. The van der Waals surface area contributed by atoms with Gasteiger partial charge in [-0.25, -0.2) is 0 Å². The number of aryl methyl sites for hydroxylation is 2. The van der Waals surface area contributed by atoms with E-state index in [9.17, 15) is 9.59 Å². The molecule has 0 unspecified atom stereocenters. The molecule has 2 amide bonds. The van der Waals surface area contributed by atoms with Crippen LogP contribution in [0.3, 0.4) is 0 Å². The van der Waals surface area contributed by atoms with E-state index in [1.165, 1.54) is 11.8 Å². The van der Waals surface area contributed by atoms with Crippen molar-refractivity contribution >= 4 is 40.9 Å². The standard InChI is InChI=1S/C23H26ClN5O2S/c1-5-29-21(16(4)25-22(31)17-9-11-18(24)12-10-17)27-28-23(29)32-13-19(30)26-20-14(2)7-6-8-15(20)3/h6-12,16H,5,13H2,1-4H3,(H,25,31)(H,26,30)/t16-/m0/s1. The molecule has 3 rings (SSSR count). The molecule has 32 heavy (non-hydrogen) atoms. The lowest BCUT2D eigenvalue weighted by atomic mass is 10.1. The number of nitrogens with zero attached hydrogens (tertiary/aromatic N) is 3. The van der Waals surface area contributed by atoms with Crippen LogP contribution in [0, 0.1) is 13.8 Å². The van der Waals surface area contributed by atoms with Crippen LogP contribution in [0.25, 0.3) is 0 Å². The molecule has 0 aliphatic carbocycles. The lowest BCUT2D eigenvalue weighted by molar-refractivity contribution is -0.113. The van der Waals surface area contributed by atoms with E-state index >= 15 is 0 Å². The van der Waals surface area contributed by atoms with Gasteiger partial charge in [-0.1, -0.05) is 41.6 Å². The molecule has 2 N–H and O–H groups in total. The molecule has 0 aliphatic rings. The number of amides is 2. The number of carbonyl (C=O) groups excluding carboxylic acids is 2. The van der Waals surface area contributed by atoms with Crippen LogP contribution in [0.1, 0.15) is 47.2 Å². The van der Waals surface area contributed by atoms with E-state index in [1.807, 2.05) is 50.5 Å². The van der Waals surface area contributed by atoms with Gasteiger partial charge in [0, 0.05) is 22.8 Å². The monoisotopic (exact) mass is 471 g/mol. The van der Waals surface area contributed by atoms with Gasteiger partial charge in [-0.3, -0.25) is 9.59 Å². The average molecular weight is 472 g/mol. The van der Waals surface area contributed by atoms with Crippen molar-refractivity contribution in [1.82, 2.24) is 20.1 Å². The van der Waals surface area contributed by atoms with Crippen molar-refractivity contribution in [2.45, 2.75) is 45.4 Å². The molecule has 0 fully saturated rings. The number of benzene rings is 2. The third-order valence-corrected chi connectivity index (χ3v) is 6.20. The maximum absolute atomic E-state index is 12.5. The zero-order valence-electron chi connectivity index (χ0n) is 18.5. The summed E-state index contributed by atoms with van der Waals surface area (Å²) in [5.74, 6) is 0.510. The minimum atomic E-state index is -0.358. The summed E-state index contributed by atoms with van der Waals surface area (Å²) >= 11 is 7.20. The predicted molar refractivity (Wildman–Crippen MR) is 128 cm³/mol. The van der Waals surface area contributed by atoms with Gasteiger partial charge in [0.1, 0.15) is 0 Å². The Morgan fingerprint density at radius 3 is 2.38 bits per heavy atom. The summed E-state index contributed by atoms with van der Waals surface area (Å²) in [5, 5.41) is 15.6. The van der Waals surface area contributed by atoms with Crippen molar-refractivity contribution < 1.29 is 9.59 Å². The van der Waals surface area contributed by atoms with Crippen LogP contribution in [-0.2, 0) is 11.3 Å². The lowest BCUT2D eigenvalue weighted by Gasteiger charge is -2.15. The Hall–Kier alpha value is -2.84. The zero-order valence-corrected chi connectivity index (χ0v) is 20.0. The van der Waals surface area contributed by atoms with E-state index in [-0.39, 0.29) is 23.6 Å². The molecule has 1 aromatic heterocycles. The van der Waals surface area contributed by atoms with Crippen LogP contribution < -0.4 is 10.6 Å². The maximum Gasteiger partial charge on any atom is 0.251 e. The number of anilines is 1. The Balaban J connectivity index is 1.64. The summed E-state index contributed by atoms with van der Waals surface area (Å²) in [5.41, 5.74) is 3.40. The first kappa shape index (κ1) is 23.8. The van der Waals surface area contributed by atoms with Gasteiger partial charge in [-0.15, -0.1) is 10.2 Å². The summed E-state index contributed by atoms with van der Waals surface area (Å²) in [7, 11) is 0. The van der Waals surface area contributed by atoms with Gasteiger partial charge >= 0.3 is 0 Å². The fraction of sp³-hybridized carbons (Fsp3) is 0.304. The third-order valence-electron chi connectivity index (χ3n) is 4.98. The summed E-state index contributed by atoms with van der Waals surface area (Å²) in [6, 6.07) is 12.2. The highest BCUT2D eigenvalue weighted by atomic mass is 35.5. The normalized spacial score (nSPS) is 11.8. The van der Waals surface area contributed by atoms with Crippen molar-refractivity contribution in [3.8, 4) is 0 Å². The zero-order chi connectivity index (χ0) is 23.3. The fourth-order valence-corrected chi connectivity index (χ4v) is 4.22.